The average molecular weight is 284 g/mol. The van der Waals surface area contributed by atoms with Crippen molar-refractivity contribution in [2.75, 3.05) is 24.3 Å². The van der Waals surface area contributed by atoms with Gasteiger partial charge in [-0.05, 0) is 30.3 Å². The number of anilines is 2. The van der Waals surface area contributed by atoms with Gasteiger partial charge in [-0.2, -0.15) is 0 Å². The number of benzene rings is 2. The van der Waals surface area contributed by atoms with Gasteiger partial charge in [0.15, 0.2) is 11.5 Å². The lowest BCUT2D eigenvalue weighted by Gasteiger charge is -2.28. The maximum atomic E-state index is 12.5. The highest BCUT2D eigenvalue weighted by molar-refractivity contribution is 5.97. The van der Waals surface area contributed by atoms with E-state index in [2.05, 4.69) is 0 Å². The van der Waals surface area contributed by atoms with Crippen molar-refractivity contribution < 1.29 is 14.3 Å². The summed E-state index contributed by atoms with van der Waals surface area (Å²) in [5, 5.41) is 0. The first-order valence-corrected chi connectivity index (χ1v) is 6.67. The summed E-state index contributed by atoms with van der Waals surface area (Å²) in [6.45, 7) is 0.197. The molecule has 1 heterocycles. The lowest BCUT2D eigenvalue weighted by molar-refractivity contribution is -0.127. The van der Waals surface area contributed by atoms with Crippen LogP contribution >= 0.6 is 0 Å². The second-order valence-corrected chi connectivity index (χ2v) is 4.86. The van der Waals surface area contributed by atoms with Crippen LogP contribution in [0.4, 0.5) is 11.4 Å². The highest BCUT2D eigenvalue weighted by atomic mass is 16.6. The minimum atomic E-state index is -0.661. The fourth-order valence-electron chi connectivity index (χ4n) is 2.22. The molecule has 0 fully saturated rings. The Bertz CT molecular complexity index is 672. The van der Waals surface area contributed by atoms with Crippen molar-refractivity contribution in [1.82, 2.24) is 0 Å². The lowest BCUT2D eigenvalue weighted by atomic mass is 10.2. The zero-order valence-corrected chi connectivity index (χ0v) is 11.7. The SMILES string of the molecule is CN(C(=O)C1COc2ccccc2O1)c1cccc(N)c1. The molecule has 0 saturated heterocycles. The number of likely N-dealkylation sites (N-methyl/N-ethyl adjacent to an activating group) is 1. The van der Waals surface area contributed by atoms with Crippen LogP contribution in [0.1, 0.15) is 0 Å². The summed E-state index contributed by atoms with van der Waals surface area (Å²) in [4.78, 5) is 14.0. The fraction of sp³-hybridized carbons (Fsp3) is 0.188. The van der Waals surface area contributed by atoms with E-state index in [9.17, 15) is 4.79 Å². The van der Waals surface area contributed by atoms with Gasteiger partial charge in [-0.25, -0.2) is 0 Å². The number of rotatable bonds is 2. The predicted molar refractivity (Wildman–Crippen MR) is 80.6 cm³/mol. The summed E-state index contributed by atoms with van der Waals surface area (Å²) >= 11 is 0. The molecular weight excluding hydrogens is 268 g/mol. The molecule has 1 aliphatic rings. The molecule has 1 unspecified atom stereocenters. The number of carbonyl (C=O) groups is 1. The second-order valence-electron chi connectivity index (χ2n) is 4.86. The van der Waals surface area contributed by atoms with Gasteiger partial charge in [-0.1, -0.05) is 18.2 Å². The Hall–Kier alpha value is -2.69. The van der Waals surface area contributed by atoms with Gasteiger partial charge in [0.2, 0.25) is 6.10 Å². The van der Waals surface area contributed by atoms with E-state index < -0.39 is 6.10 Å². The van der Waals surface area contributed by atoms with E-state index in [1.165, 1.54) is 4.90 Å². The summed E-state index contributed by atoms with van der Waals surface area (Å²) < 4.78 is 11.3. The first-order valence-electron chi connectivity index (χ1n) is 6.67. The Morgan fingerprint density at radius 3 is 2.71 bits per heavy atom. The maximum Gasteiger partial charge on any atom is 0.271 e. The first kappa shape index (κ1) is 13.3. The molecule has 3 rings (SSSR count). The predicted octanol–water partition coefficient (Wildman–Crippen LogP) is 2.07. The van der Waals surface area contributed by atoms with E-state index in [0.717, 1.165) is 5.69 Å². The molecular formula is C16H16N2O3. The van der Waals surface area contributed by atoms with E-state index in [1.54, 1.807) is 25.2 Å². The lowest BCUT2D eigenvalue weighted by Crippen LogP contribution is -2.45. The van der Waals surface area contributed by atoms with Gasteiger partial charge < -0.3 is 20.1 Å². The normalized spacial score (nSPS) is 16.3. The molecule has 0 saturated carbocycles. The van der Waals surface area contributed by atoms with Gasteiger partial charge in [-0.3, -0.25) is 4.79 Å². The third-order valence-electron chi connectivity index (χ3n) is 3.37. The number of fused-ring (bicyclic) bond motifs is 1. The Kier molecular flexibility index (Phi) is 3.39. The zero-order chi connectivity index (χ0) is 14.8. The van der Waals surface area contributed by atoms with Crippen LogP contribution in [-0.2, 0) is 4.79 Å². The molecule has 0 spiro atoms. The number of nitrogens with zero attached hydrogens (tertiary/aromatic N) is 1. The van der Waals surface area contributed by atoms with Crippen LogP contribution in [0.25, 0.3) is 0 Å². The molecule has 5 nitrogen and oxygen atoms in total. The third-order valence-corrected chi connectivity index (χ3v) is 3.37. The van der Waals surface area contributed by atoms with Gasteiger partial charge >= 0.3 is 0 Å². The topological polar surface area (TPSA) is 64.8 Å². The number of para-hydroxylation sites is 2. The molecule has 0 radical (unpaired) electrons. The zero-order valence-electron chi connectivity index (χ0n) is 11.7. The van der Waals surface area contributed by atoms with Crippen LogP contribution in [-0.4, -0.2) is 25.7 Å². The standard InChI is InChI=1S/C16H16N2O3/c1-18(12-6-4-5-11(17)9-12)16(19)15-10-20-13-7-2-3-8-14(13)21-15/h2-9,15H,10,17H2,1H3. The average Bonchev–Trinajstić information content (AvgIpc) is 2.53. The van der Waals surface area contributed by atoms with E-state index >= 15 is 0 Å². The molecule has 0 bridgehead atoms. The second kappa shape index (κ2) is 5.36. The molecule has 21 heavy (non-hydrogen) atoms. The van der Waals surface area contributed by atoms with Crippen LogP contribution in [0.3, 0.4) is 0 Å². The minimum Gasteiger partial charge on any atom is -0.485 e. The minimum absolute atomic E-state index is 0.171. The number of hydrogen-bond acceptors (Lipinski definition) is 4. The van der Waals surface area contributed by atoms with Crippen LogP contribution in [0.2, 0.25) is 0 Å². The molecule has 2 aromatic carbocycles. The summed E-state index contributed by atoms with van der Waals surface area (Å²) in [6, 6.07) is 14.5. The van der Waals surface area contributed by atoms with Crippen LogP contribution < -0.4 is 20.1 Å². The molecule has 1 atom stereocenters. The fourth-order valence-corrected chi connectivity index (χ4v) is 2.22. The van der Waals surface area contributed by atoms with Gasteiger partial charge in [0, 0.05) is 18.4 Å². The van der Waals surface area contributed by atoms with Gasteiger partial charge in [0.25, 0.3) is 5.91 Å². The summed E-state index contributed by atoms with van der Waals surface area (Å²) in [5.41, 5.74) is 7.08. The van der Waals surface area contributed by atoms with Gasteiger partial charge in [-0.15, -0.1) is 0 Å². The van der Waals surface area contributed by atoms with Gasteiger partial charge in [0.05, 0.1) is 0 Å². The molecule has 108 valence electrons. The van der Waals surface area contributed by atoms with Crippen molar-refractivity contribution in [1.29, 1.82) is 0 Å². The number of nitrogens with two attached hydrogens (primary N) is 1. The van der Waals surface area contributed by atoms with Crippen molar-refractivity contribution in [3.05, 3.63) is 48.5 Å². The van der Waals surface area contributed by atoms with E-state index in [1.807, 2.05) is 30.3 Å². The van der Waals surface area contributed by atoms with Crippen molar-refractivity contribution in [2.24, 2.45) is 0 Å². The Morgan fingerprint density at radius 1 is 1.19 bits per heavy atom. The summed E-state index contributed by atoms with van der Waals surface area (Å²) in [6.07, 6.45) is -0.661. The van der Waals surface area contributed by atoms with E-state index in [0.29, 0.717) is 17.2 Å². The Morgan fingerprint density at radius 2 is 1.95 bits per heavy atom. The summed E-state index contributed by atoms with van der Waals surface area (Å²) in [7, 11) is 1.70. The Labute approximate surface area is 122 Å². The monoisotopic (exact) mass is 284 g/mol. The smallest absolute Gasteiger partial charge is 0.271 e. The molecule has 2 aromatic rings. The van der Waals surface area contributed by atoms with Crippen LogP contribution in [0.5, 0.6) is 11.5 Å². The van der Waals surface area contributed by atoms with E-state index in [4.69, 9.17) is 15.2 Å². The highest BCUT2D eigenvalue weighted by Crippen LogP contribution is 2.31. The number of hydrogen-bond donors (Lipinski definition) is 1. The molecule has 1 aliphatic heterocycles. The summed E-state index contributed by atoms with van der Waals surface area (Å²) in [5.74, 6) is 1.08. The van der Waals surface area contributed by atoms with Crippen molar-refractivity contribution in [2.45, 2.75) is 6.10 Å². The molecule has 1 amide bonds. The third kappa shape index (κ3) is 2.63. The highest BCUT2D eigenvalue weighted by Gasteiger charge is 2.30. The molecule has 0 aromatic heterocycles. The molecule has 0 aliphatic carbocycles. The van der Waals surface area contributed by atoms with Crippen molar-refractivity contribution in [3.8, 4) is 11.5 Å². The molecule has 5 heteroatoms. The van der Waals surface area contributed by atoms with Gasteiger partial charge in [0.1, 0.15) is 6.61 Å². The number of amides is 1. The number of nitrogen functional groups attached to an aromatic ring is 1. The Balaban J connectivity index is 1.77. The van der Waals surface area contributed by atoms with Crippen molar-refractivity contribution in [3.63, 3.8) is 0 Å². The quantitative estimate of drug-likeness (QED) is 0.857. The first-order chi connectivity index (χ1) is 10.1. The van der Waals surface area contributed by atoms with Crippen LogP contribution in [0.15, 0.2) is 48.5 Å². The number of carbonyl (C=O) groups excluding carboxylic acids is 1. The maximum absolute atomic E-state index is 12.5. The largest absolute Gasteiger partial charge is 0.485 e. The van der Waals surface area contributed by atoms with Crippen LogP contribution in [0, 0.1) is 0 Å². The van der Waals surface area contributed by atoms with E-state index in [-0.39, 0.29) is 12.5 Å². The molecule has 2 N–H and O–H groups in total. The number of ether oxygens (including phenoxy) is 2. The van der Waals surface area contributed by atoms with Crippen molar-refractivity contribution >= 4 is 17.3 Å².